The molecule has 4 aromatic carbocycles. The maximum atomic E-state index is 13.6. The Balaban J connectivity index is 0.000000369. The molecule has 2 unspecified atom stereocenters. The van der Waals surface area contributed by atoms with Crippen LogP contribution >= 0.6 is 0 Å². The molecule has 2 N–H and O–H groups in total. The first-order valence-electron chi connectivity index (χ1n) is 21.2. The van der Waals surface area contributed by atoms with Gasteiger partial charge in [0, 0.05) is 22.3 Å². The van der Waals surface area contributed by atoms with Gasteiger partial charge in [-0.1, -0.05) is 139 Å². The van der Waals surface area contributed by atoms with Crippen LogP contribution in [0.3, 0.4) is 0 Å². The highest BCUT2D eigenvalue weighted by Gasteiger charge is 2.41. The fourth-order valence-corrected chi connectivity index (χ4v) is 8.34. The Bertz CT molecular complexity index is 2790. The van der Waals surface area contributed by atoms with Gasteiger partial charge in [-0.3, -0.25) is 4.79 Å². The molecule has 2 aromatic heterocycles. The maximum Gasteiger partial charge on any atom is 0.437 e. The van der Waals surface area contributed by atoms with Crippen LogP contribution in [-0.2, 0) is 57.6 Å². The Kier molecular flexibility index (Phi) is 19.9. The Labute approximate surface area is 398 Å². The van der Waals surface area contributed by atoms with Gasteiger partial charge in [0.2, 0.25) is 22.2 Å². The second kappa shape index (κ2) is 24.0. The number of halogens is 9. The van der Waals surface area contributed by atoms with Crippen LogP contribution < -0.4 is 14.2 Å². The van der Waals surface area contributed by atoms with Crippen molar-refractivity contribution in [2.75, 3.05) is 5.75 Å². The van der Waals surface area contributed by atoms with Crippen LogP contribution in [0.25, 0.3) is 21.9 Å². The second-order valence-electron chi connectivity index (χ2n) is 15.5. The zero-order valence-electron chi connectivity index (χ0n) is 36.9. The summed E-state index contributed by atoms with van der Waals surface area (Å²) in [5.74, 6) is -4.66. The van der Waals surface area contributed by atoms with Crippen molar-refractivity contribution in [3.05, 3.63) is 118 Å². The number of aliphatic carboxylic acids is 1. The van der Waals surface area contributed by atoms with Crippen molar-refractivity contribution >= 4 is 43.8 Å². The highest BCUT2D eigenvalue weighted by Crippen LogP contribution is 2.44. The van der Waals surface area contributed by atoms with E-state index >= 15 is 0 Å². The molecule has 0 bridgehead atoms. The van der Waals surface area contributed by atoms with E-state index in [1.165, 1.54) is 41.1 Å². The first-order valence-corrected chi connectivity index (χ1v) is 22.9. The number of fused-ring (bicyclic) bond motifs is 2. The number of hydrogen-bond donors (Lipinski definition) is 2. The summed E-state index contributed by atoms with van der Waals surface area (Å²) in [6.45, 7) is 7.26. The average Bonchev–Trinajstić information content (AvgIpc) is 3.89. The Morgan fingerprint density at radius 3 is 1.34 bits per heavy atom. The van der Waals surface area contributed by atoms with E-state index < -0.39 is 69.8 Å². The molecule has 0 spiro atoms. The third-order valence-corrected chi connectivity index (χ3v) is 11.3. The summed E-state index contributed by atoms with van der Waals surface area (Å²) >= 11 is 0. The van der Waals surface area contributed by atoms with Crippen molar-refractivity contribution in [3.8, 4) is 11.5 Å². The van der Waals surface area contributed by atoms with Gasteiger partial charge in [-0.2, -0.15) is 39.5 Å². The van der Waals surface area contributed by atoms with Gasteiger partial charge < -0.3 is 23.6 Å². The number of carbonyl (C=O) groups excluding carboxylic acids is 1. The predicted octanol–water partition coefficient (Wildman–Crippen LogP) is 13.1. The third-order valence-electron chi connectivity index (χ3n) is 10.1. The molecule has 1 amide bonds. The van der Waals surface area contributed by atoms with Gasteiger partial charge in [-0.05, 0) is 48.9 Å². The lowest BCUT2D eigenvalue weighted by molar-refractivity contribution is -0.145. The van der Waals surface area contributed by atoms with E-state index in [0.29, 0.717) is 55.2 Å². The summed E-state index contributed by atoms with van der Waals surface area (Å²) in [7, 11) is -5.13. The highest BCUT2D eigenvalue weighted by atomic mass is 32.2. The molecule has 0 aliphatic carbocycles. The number of sulfonamides is 1. The van der Waals surface area contributed by atoms with Crippen LogP contribution in [0.15, 0.2) is 81.8 Å². The van der Waals surface area contributed by atoms with Crippen LogP contribution in [0.1, 0.15) is 125 Å². The van der Waals surface area contributed by atoms with Gasteiger partial charge in [-0.25, -0.2) is 17.9 Å². The highest BCUT2D eigenvalue weighted by molar-refractivity contribution is 7.90. The standard InChI is InChI=1S/C24H24F6N2O5S.C22H22F3NO4.2CH4/c1-3-8-15-12-17-20(37-31-21(17)24(28,29)30)16(9-4-2)18(15)36-19(14-10-6-5-7-11-14)22(33)32-38(34,35)13-23(25,26)27;1-3-8-14-12-16-19(30-26-20(16)22(23,24)25)15(9-4-2)17(14)29-18(21(27)28)13-10-6-5-7-11-13;;/h5-7,10-12,19H,3-4,8-9,13H2,1-2H3,(H,32,33);5-7,10-12,18H,3-4,8-9H2,1-2H3,(H,27,28);2*1H4. The second-order valence-corrected chi connectivity index (χ2v) is 17.2. The molecule has 0 aliphatic rings. The normalized spacial score (nSPS) is 12.8. The number of aryl methyl sites for hydroxylation is 4. The van der Waals surface area contributed by atoms with E-state index in [1.54, 1.807) is 50.2 Å². The van der Waals surface area contributed by atoms with Gasteiger partial charge in [0.1, 0.15) is 11.5 Å². The van der Waals surface area contributed by atoms with Gasteiger partial charge in [-0.15, -0.1) is 0 Å². The summed E-state index contributed by atoms with van der Waals surface area (Å²) in [6.07, 6.45) is -14.4. The number of carboxylic acids is 1. The minimum atomic E-state index is -5.13. The molecule has 0 aliphatic heterocycles. The Morgan fingerprint density at radius 2 is 1.00 bits per heavy atom. The van der Waals surface area contributed by atoms with E-state index in [2.05, 4.69) is 10.3 Å². The molecule has 2 atom stereocenters. The molecular weight excluding hydrogens is 966 g/mol. The quantitative estimate of drug-likeness (QED) is 0.0785. The Morgan fingerprint density at radius 1 is 0.629 bits per heavy atom. The third kappa shape index (κ3) is 14.2. The Hall–Kier alpha value is -6.32. The van der Waals surface area contributed by atoms with Gasteiger partial charge >= 0.3 is 24.5 Å². The number of rotatable bonds is 18. The van der Waals surface area contributed by atoms with Crippen LogP contribution in [0.5, 0.6) is 11.5 Å². The smallest absolute Gasteiger partial charge is 0.437 e. The van der Waals surface area contributed by atoms with E-state index in [9.17, 15) is 62.6 Å². The number of nitrogens with one attached hydrogen (secondary N) is 1. The molecule has 0 radical (unpaired) electrons. The van der Waals surface area contributed by atoms with Gasteiger partial charge in [0.25, 0.3) is 5.91 Å². The lowest BCUT2D eigenvalue weighted by Gasteiger charge is -2.23. The maximum absolute atomic E-state index is 13.6. The molecule has 6 aromatic rings. The number of nitrogens with zero attached hydrogens (tertiary/aromatic N) is 2. The molecule has 12 nitrogen and oxygen atoms in total. The van der Waals surface area contributed by atoms with Crippen molar-refractivity contribution < 1.29 is 81.1 Å². The number of hydrogen-bond acceptors (Lipinski definition) is 10. The molecule has 0 fully saturated rings. The lowest BCUT2D eigenvalue weighted by Crippen LogP contribution is -2.41. The molecule has 384 valence electrons. The molecule has 0 saturated heterocycles. The fourth-order valence-electron chi connectivity index (χ4n) is 7.42. The minimum absolute atomic E-state index is 0. The average molecular weight is 1020 g/mol. The molecular formula is C48H54F9N3O9S. The van der Waals surface area contributed by atoms with Crippen LogP contribution in [-0.4, -0.2) is 47.6 Å². The van der Waals surface area contributed by atoms with Gasteiger partial charge in [0.15, 0.2) is 28.3 Å². The van der Waals surface area contributed by atoms with Crippen LogP contribution in [0, 0.1) is 0 Å². The SMILES string of the molecule is C.C.CCCc1cc2c(C(F)(F)F)noc2c(CCC)c1OC(C(=O)NS(=O)(=O)CC(F)(F)F)c1ccccc1.CCCc1cc2c(C(F)(F)F)noc2c(CCC)c1OC(C(=O)O)c1ccccc1. The number of ether oxygens (including phenoxy) is 2. The van der Waals surface area contributed by atoms with E-state index in [0.717, 1.165) is 0 Å². The van der Waals surface area contributed by atoms with Gasteiger partial charge in [0.05, 0.1) is 10.8 Å². The number of aromatic nitrogens is 2. The number of carboxylic acid groups (broad SMARTS) is 1. The fraction of sp³-hybridized carbons (Fsp3) is 0.417. The topological polar surface area (TPSA) is 171 Å². The number of carbonyl (C=O) groups is 2. The summed E-state index contributed by atoms with van der Waals surface area (Å²) in [6, 6.07) is 18.3. The summed E-state index contributed by atoms with van der Waals surface area (Å²) in [5, 5.41) is 15.8. The van der Waals surface area contributed by atoms with Crippen molar-refractivity contribution in [3.63, 3.8) is 0 Å². The van der Waals surface area contributed by atoms with E-state index in [1.807, 2.05) is 13.8 Å². The zero-order valence-corrected chi connectivity index (χ0v) is 37.7. The largest absolute Gasteiger partial charge is 0.478 e. The first kappa shape index (κ1) is 58.0. The lowest BCUT2D eigenvalue weighted by atomic mass is 9.97. The molecule has 0 saturated carbocycles. The summed E-state index contributed by atoms with van der Waals surface area (Å²) in [4.78, 5) is 25.0. The van der Waals surface area contributed by atoms with Crippen LogP contribution in [0.4, 0.5) is 39.5 Å². The molecule has 2 heterocycles. The van der Waals surface area contributed by atoms with Crippen LogP contribution in [0.2, 0.25) is 0 Å². The van der Waals surface area contributed by atoms with E-state index in [4.69, 9.17) is 18.5 Å². The number of alkyl halides is 9. The number of amides is 1. The molecule has 6 rings (SSSR count). The van der Waals surface area contributed by atoms with Crippen molar-refractivity contribution in [1.82, 2.24) is 15.0 Å². The number of benzene rings is 4. The van der Waals surface area contributed by atoms with Crippen molar-refractivity contribution in [1.29, 1.82) is 0 Å². The molecule has 22 heteroatoms. The first-order chi connectivity index (χ1) is 31.9. The molecule has 70 heavy (non-hydrogen) atoms. The monoisotopic (exact) mass is 1020 g/mol. The summed E-state index contributed by atoms with van der Waals surface area (Å²) < 4.78 is 167. The predicted molar refractivity (Wildman–Crippen MR) is 243 cm³/mol. The van der Waals surface area contributed by atoms with Crippen molar-refractivity contribution in [2.24, 2.45) is 0 Å². The van der Waals surface area contributed by atoms with E-state index in [-0.39, 0.29) is 77.8 Å². The minimum Gasteiger partial charge on any atom is -0.478 e. The zero-order chi connectivity index (χ0) is 50.2. The summed E-state index contributed by atoms with van der Waals surface area (Å²) in [5.41, 5.74) is -0.669. The van der Waals surface area contributed by atoms with Crippen molar-refractivity contribution in [2.45, 2.75) is 125 Å².